The van der Waals surface area contributed by atoms with Gasteiger partial charge in [0.15, 0.2) is 11.6 Å². The fourth-order valence-electron chi connectivity index (χ4n) is 2.55. The van der Waals surface area contributed by atoms with Crippen molar-refractivity contribution < 1.29 is 13.6 Å². The van der Waals surface area contributed by atoms with E-state index < -0.39 is 11.6 Å². The second kappa shape index (κ2) is 7.35. The maximum Gasteiger partial charge on any atom is 0.241 e. The van der Waals surface area contributed by atoms with Gasteiger partial charge in [0.05, 0.1) is 6.04 Å². The molecule has 0 aromatic heterocycles. The van der Waals surface area contributed by atoms with Crippen molar-refractivity contribution >= 4 is 24.0 Å². The second-order valence-electron chi connectivity index (χ2n) is 6.03. The van der Waals surface area contributed by atoms with E-state index in [1.165, 1.54) is 6.07 Å². The number of likely N-dealkylation sites (tertiary alicyclic amines) is 1. The molecule has 1 aliphatic heterocycles. The predicted octanol–water partition coefficient (Wildman–Crippen LogP) is 2.38. The molecule has 2 unspecified atom stereocenters. The molecule has 3 N–H and O–H groups in total. The van der Waals surface area contributed by atoms with E-state index in [9.17, 15) is 13.6 Å². The lowest BCUT2D eigenvalue weighted by Crippen LogP contribution is -2.42. The maximum atomic E-state index is 13.1. The topological polar surface area (TPSA) is 58.4 Å². The molecule has 2 atom stereocenters. The lowest BCUT2D eigenvalue weighted by Gasteiger charge is -2.26. The molecule has 1 aliphatic rings. The summed E-state index contributed by atoms with van der Waals surface area (Å²) < 4.78 is 26.0. The first-order valence-electron chi connectivity index (χ1n) is 7.05. The van der Waals surface area contributed by atoms with Gasteiger partial charge in [0.1, 0.15) is 0 Å². The Morgan fingerprint density at radius 2 is 2.14 bits per heavy atom. The highest BCUT2D eigenvalue weighted by Crippen LogP contribution is 2.30. The molecule has 0 aliphatic carbocycles. The first kappa shape index (κ1) is 18.8. The summed E-state index contributed by atoms with van der Waals surface area (Å²) in [5, 5.41) is 2.61. The number of carbonyl (C=O) groups excluding carboxylic acids is 1. The van der Waals surface area contributed by atoms with Gasteiger partial charge in [-0.05, 0) is 44.0 Å². The number of rotatable bonds is 4. The Morgan fingerprint density at radius 1 is 1.45 bits per heavy atom. The van der Waals surface area contributed by atoms with Gasteiger partial charge in [-0.15, -0.1) is 12.4 Å². The zero-order valence-electron chi connectivity index (χ0n) is 12.7. The minimum Gasteiger partial charge on any atom is -0.330 e. The van der Waals surface area contributed by atoms with E-state index in [4.69, 9.17) is 5.73 Å². The Morgan fingerprint density at radius 3 is 2.68 bits per heavy atom. The number of amides is 1. The number of halogens is 3. The number of nitrogens with zero attached hydrogens (tertiary/aromatic N) is 1. The Kier molecular flexibility index (Phi) is 6.28. The molecule has 0 saturated carbocycles. The zero-order chi connectivity index (χ0) is 15.6. The van der Waals surface area contributed by atoms with Crippen LogP contribution in [0.25, 0.3) is 0 Å². The van der Waals surface area contributed by atoms with Crippen LogP contribution in [0.1, 0.15) is 20.3 Å². The smallest absolute Gasteiger partial charge is 0.241 e. The fourth-order valence-corrected chi connectivity index (χ4v) is 2.55. The van der Waals surface area contributed by atoms with Crippen molar-refractivity contribution in [2.75, 3.05) is 25.0 Å². The molecular formula is C15H22ClF2N3O. The van der Waals surface area contributed by atoms with Crippen LogP contribution in [0.4, 0.5) is 14.5 Å². The minimum absolute atomic E-state index is 0. The van der Waals surface area contributed by atoms with Crippen molar-refractivity contribution in [3.63, 3.8) is 0 Å². The summed E-state index contributed by atoms with van der Waals surface area (Å²) >= 11 is 0. The van der Waals surface area contributed by atoms with Gasteiger partial charge < -0.3 is 11.1 Å². The van der Waals surface area contributed by atoms with Gasteiger partial charge >= 0.3 is 0 Å². The number of hydrogen-bond donors (Lipinski definition) is 2. The van der Waals surface area contributed by atoms with Gasteiger partial charge in [0, 0.05) is 18.3 Å². The van der Waals surface area contributed by atoms with Gasteiger partial charge in [0.25, 0.3) is 0 Å². The van der Waals surface area contributed by atoms with Gasteiger partial charge in [-0.25, -0.2) is 8.78 Å². The summed E-state index contributed by atoms with van der Waals surface area (Å²) in [6.07, 6.45) is 0.951. The van der Waals surface area contributed by atoms with Crippen LogP contribution < -0.4 is 11.1 Å². The van der Waals surface area contributed by atoms with Gasteiger partial charge in [0.2, 0.25) is 5.91 Å². The summed E-state index contributed by atoms with van der Waals surface area (Å²) in [4.78, 5) is 14.3. The highest BCUT2D eigenvalue weighted by molar-refractivity contribution is 5.94. The van der Waals surface area contributed by atoms with Crippen molar-refractivity contribution in [3.05, 3.63) is 29.8 Å². The van der Waals surface area contributed by atoms with Gasteiger partial charge in [-0.1, -0.05) is 6.92 Å². The van der Waals surface area contributed by atoms with Crippen molar-refractivity contribution in [2.45, 2.75) is 26.3 Å². The lowest BCUT2D eigenvalue weighted by molar-refractivity contribution is -0.120. The number of nitrogens with one attached hydrogen (secondary N) is 1. The van der Waals surface area contributed by atoms with E-state index in [1.807, 2.05) is 0 Å². The molecule has 4 nitrogen and oxygen atoms in total. The SMILES string of the molecule is CC(C(=O)Nc1ccc(F)c(F)c1)N1CCC(C)(CN)C1.Cl. The molecule has 0 spiro atoms. The highest BCUT2D eigenvalue weighted by Gasteiger charge is 2.36. The molecule has 0 radical (unpaired) electrons. The Bertz CT molecular complexity index is 544. The van der Waals surface area contributed by atoms with Crippen LogP contribution in [-0.2, 0) is 4.79 Å². The maximum absolute atomic E-state index is 13.1. The van der Waals surface area contributed by atoms with Crippen LogP contribution in [0.5, 0.6) is 0 Å². The molecule has 2 rings (SSSR count). The van der Waals surface area contributed by atoms with E-state index in [2.05, 4.69) is 17.1 Å². The second-order valence-corrected chi connectivity index (χ2v) is 6.03. The van der Waals surface area contributed by atoms with Gasteiger partial charge in [-0.3, -0.25) is 9.69 Å². The first-order chi connectivity index (χ1) is 9.84. The number of hydrogen-bond acceptors (Lipinski definition) is 3. The molecule has 22 heavy (non-hydrogen) atoms. The van der Waals surface area contributed by atoms with E-state index in [-0.39, 0.29) is 35.5 Å². The molecule has 124 valence electrons. The summed E-state index contributed by atoms with van der Waals surface area (Å²) in [7, 11) is 0. The number of anilines is 1. The first-order valence-corrected chi connectivity index (χ1v) is 7.05. The average Bonchev–Trinajstić information content (AvgIpc) is 2.85. The zero-order valence-corrected chi connectivity index (χ0v) is 13.6. The molecule has 1 saturated heterocycles. The normalized spacial score (nSPS) is 23.0. The molecule has 7 heteroatoms. The summed E-state index contributed by atoms with van der Waals surface area (Å²) in [6.45, 7) is 6.06. The molecule has 1 fully saturated rings. The minimum atomic E-state index is -0.975. The van der Waals surface area contributed by atoms with Crippen LogP contribution >= 0.6 is 12.4 Å². The Labute approximate surface area is 135 Å². The van der Waals surface area contributed by atoms with Crippen LogP contribution in [0.15, 0.2) is 18.2 Å². The third kappa shape index (κ3) is 4.15. The molecule has 0 bridgehead atoms. The van der Waals surface area contributed by atoms with Gasteiger partial charge in [-0.2, -0.15) is 0 Å². The van der Waals surface area contributed by atoms with Crippen molar-refractivity contribution in [1.82, 2.24) is 4.90 Å². The van der Waals surface area contributed by atoms with Crippen LogP contribution in [0.3, 0.4) is 0 Å². The fraction of sp³-hybridized carbons (Fsp3) is 0.533. The van der Waals surface area contributed by atoms with Crippen molar-refractivity contribution in [1.29, 1.82) is 0 Å². The van der Waals surface area contributed by atoms with Crippen molar-refractivity contribution in [3.8, 4) is 0 Å². The molecular weight excluding hydrogens is 312 g/mol. The molecule has 1 aromatic rings. The van der Waals surface area contributed by atoms with E-state index in [0.29, 0.717) is 6.54 Å². The largest absolute Gasteiger partial charge is 0.330 e. The average molecular weight is 334 g/mol. The predicted molar refractivity (Wildman–Crippen MR) is 85.0 cm³/mol. The standard InChI is InChI=1S/C15H21F2N3O.ClH/c1-10(20-6-5-15(2,8-18)9-20)14(21)19-11-3-4-12(16)13(17)7-11;/h3-4,7,10H,5-6,8-9,18H2,1-2H3,(H,19,21);1H. The third-order valence-corrected chi connectivity index (χ3v) is 4.19. The van der Waals surface area contributed by atoms with E-state index in [0.717, 1.165) is 31.6 Å². The highest BCUT2D eigenvalue weighted by atomic mass is 35.5. The Hall–Kier alpha value is -1.24. The van der Waals surface area contributed by atoms with E-state index >= 15 is 0 Å². The monoisotopic (exact) mass is 333 g/mol. The number of nitrogens with two attached hydrogens (primary N) is 1. The van der Waals surface area contributed by atoms with Crippen LogP contribution in [-0.4, -0.2) is 36.5 Å². The summed E-state index contributed by atoms with van der Waals surface area (Å²) in [5.74, 6) is -2.14. The van der Waals surface area contributed by atoms with Crippen molar-refractivity contribution in [2.24, 2.45) is 11.1 Å². The lowest BCUT2D eigenvalue weighted by atomic mass is 9.90. The summed E-state index contributed by atoms with van der Waals surface area (Å²) in [5.41, 5.74) is 6.05. The third-order valence-electron chi connectivity index (χ3n) is 4.19. The molecule has 1 amide bonds. The molecule has 1 heterocycles. The number of carbonyl (C=O) groups is 1. The Balaban J connectivity index is 0.00000242. The van der Waals surface area contributed by atoms with E-state index in [1.54, 1.807) is 6.92 Å². The van der Waals surface area contributed by atoms with Crippen LogP contribution in [0, 0.1) is 17.0 Å². The summed E-state index contributed by atoms with van der Waals surface area (Å²) in [6, 6.07) is 2.98. The van der Waals surface area contributed by atoms with Crippen LogP contribution in [0.2, 0.25) is 0 Å². The quantitative estimate of drug-likeness (QED) is 0.889. The number of benzene rings is 1. The molecule has 1 aromatic carbocycles.